The quantitative estimate of drug-likeness (QED) is 0.452. The highest BCUT2D eigenvalue weighted by Crippen LogP contribution is 1.88. The summed E-state index contributed by atoms with van der Waals surface area (Å²) in [5.41, 5.74) is -0.767. The highest BCUT2D eigenvalue weighted by Gasteiger charge is 1.96. The zero-order valence-corrected chi connectivity index (χ0v) is 4.93. The van der Waals surface area contributed by atoms with Crippen LogP contribution in [0.1, 0.15) is 10.4 Å². The fourth-order valence-corrected chi connectivity index (χ4v) is 0.554. The molecule has 3 nitrogen and oxygen atoms in total. The number of aldehydes is 1. The first-order valence-electron chi connectivity index (χ1n) is 2.58. The topological polar surface area (TPSA) is 49.9 Å². The lowest BCUT2D eigenvalue weighted by molar-refractivity contribution is 0.112. The summed E-state index contributed by atoms with van der Waals surface area (Å²) >= 11 is 0. The van der Waals surface area contributed by atoms with Gasteiger partial charge in [0, 0.05) is 0 Å². The lowest BCUT2D eigenvalue weighted by atomic mass is 10.3. The molecular weight excluding hydrogens is 137 g/mol. The molecule has 0 unspecified atom stereocenters. The van der Waals surface area contributed by atoms with Crippen molar-refractivity contribution in [2.45, 2.75) is 0 Å². The summed E-state index contributed by atoms with van der Waals surface area (Å²) in [6.45, 7) is 0. The van der Waals surface area contributed by atoms with Gasteiger partial charge in [-0.1, -0.05) is 0 Å². The minimum absolute atomic E-state index is 0.0681. The van der Waals surface area contributed by atoms with Gasteiger partial charge in [-0.3, -0.25) is 14.6 Å². The molecule has 0 radical (unpaired) electrons. The summed E-state index contributed by atoms with van der Waals surface area (Å²) in [5, 5.41) is 0. The SMILES string of the molecule is O=Cc1ccc(F)[nH]c1=O. The molecule has 10 heavy (non-hydrogen) atoms. The molecule has 0 aliphatic carbocycles. The van der Waals surface area contributed by atoms with E-state index in [4.69, 9.17) is 0 Å². The van der Waals surface area contributed by atoms with E-state index in [1.54, 1.807) is 0 Å². The van der Waals surface area contributed by atoms with Crippen LogP contribution in [0.3, 0.4) is 0 Å². The van der Waals surface area contributed by atoms with Gasteiger partial charge in [-0.2, -0.15) is 4.39 Å². The number of aromatic amines is 1. The van der Waals surface area contributed by atoms with Crippen molar-refractivity contribution in [1.29, 1.82) is 0 Å². The van der Waals surface area contributed by atoms with E-state index < -0.39 is 11.5 Å². The number of carbonyl (C=O) groups excluding carboxylic acids is 1. The maximum absolute atomic E-state index is 12.1. The van der Waals surface area contributed by atoms with E-state index in [0.717, 1.165) is 12.1 Å². The van der Waals surface area contributed by atoms with E-state index in [-0.39, 0.29) is 5.56 Å². The lowest BCUT2D eigenvalue weighted by Gasteiger charge is -1.87. The van der Waals surface area contributed by atoms with Gasteiger partial charge in [-0.05, 0) is 12.1 Å². The Morgan fingerprint density at radius 1 is 1.50 bits per heavy atom. The molecule has 4 heteroatoms. The first-order valence-corrected chi connectivity index (χ1v) is 2.58. The van der Waals surface area contributed by atoms with Crippen LogP contribution in [0.4, 0.5) is 4.39 Å². The Kier molecular flexibility index (Phi) is 1.62. The number of hydrogen-bond acceptors (Lipinski definition) is 2. The maximum atomic E-state index is 12.1. The predicted octanol–water partition coefficient (Wildman–Crippen LogP) is 0.327. The number of aromatic nitrogens is 1. The molecule has 0 bridgehead atoms. The van der Waals surface area contributed by atoms with Gasteiger partial charge in [-0.15, -0.1) is 0 Å². The second-order valence-corrected chi connectivity index (χ2v) is 1.71. The van der Waals surface area contributed by atoms with Crippen LogP contribution >= 0.6 is 0 Å². The normalized spacial score (nSPS) is 9.30. The van der Waals surface area contributed by atoms with Crippen molar-refractivity contribution in [3.05, 3.63) is 34.0 Å². The number of nitrogens with one attached hydrogen (secondary N) is 1. The molecular formula is C6H4FNO2. The van der Waals surface area contributed by atoms with Gasteiger partial charge in [0.25, 0.3) is 5.56 Å². The largest absolute Gasteiger partial charge is 0.298 e. The Morgan fingerprint density at radius 3 is 2.70 bits per heavy atom. The van der Waals surface area contributed by atoms with Gasteiger partial charge >= 0.3 is 0 Å². The fourth-order valence-electron chi connectivity index (χ4n) is 0.554. The molecule has 0 aliphatic heterocycles. The molecule has 0 saturated heterocycles. The summed E-state index contributed by atoms with van der Waals surface area (Å²) in [4.78, 5) is 22.4. The van der Waals surface area contributed by atoms with Crippen molar-refractivity contribution < 1.29 is 9.18 Å². The third-order valence-corrected chi connectivity index (χ3v) is 1.03. The Balaban J connectivity index is 3.33. The van der Waals surface area contributed by atoms with Gasteiger partial charge in [0.15, 0.2) is 12.2 Å². The van der Waals surface area contributed by atoms with Crippen LogP contribution in [-0.4, -0.2) is 11.3 Å². The van der Waals surface area contributed by atoms with Crippen molar-refractivity contribution in [3.8, 4) is 0 Å². The van der Waals surface area contributed by atoms with E-state index in [0.29, 0.717) is 6.29 Å². The average Bonchev–Trinajstić information content (AvgIpc) is 1.88. The molecule has 52 valence electrons. The maximum Gasteiger partial charge on any atom is 0.260 e. The van der Waals surface area contributed by atoms with Crippen molar-refractivity contribution in [2.75, 3.05) is 0 Å². The Labute approximate surface area is 55.5 Å². The van der Waals surface area contributed by atoms with Crippen LogP contribution in [0.2, 0.25) is 0 Å². The molecule has 1 aromatic heterocycles. The summed E-state index contributed by atoms with van der Waals surface area (Å²) in [6, 6.07) is 2.15. The summed E-state index contributed by atoms with van der Waals surface area (Å²) in [6.07, 6.45) is 0.373. The molecule has 0 aromatic carbocycles. The molecule has 0 fully saturated rings. The first-order chi connectivity index (χ1) is 4.74. The molecule has 0 saturated carbocycles. The molecule has 0 atom stereocenters. The summed E-state index contributed by atoms with van der Waals surface area (Å²) in [7, 11) is 0. The van der Waals surface area contributed by atoms with Crippen molar-refractivity contribution in [2.24, 2.45) is 0 Å². The number of carbonyl (C=O) groups is 1. The molecule has 1 aromatic rings. The van der Waals surface area contributed by atoms with Gasteiger partial charge in [-0.25, -0.2) is 0 Å². The number of rotatable bonds is 1. The minimum atomic E-state index is -0.740. The lowest BCUT2D eigenvalue weighted by Crippen LogP contribution is -2.12. The monoisotopic (exact) mass is 141 g/mol. The molecule has 0 aliphatic rings. The Morgan fingerprint density at radius 2 is 2.20 bits per heavy atom. The second kappa shape index (κ2) is 2.43. The van der Waals surface area contributed by atoms with Crippen molar-refractivity contribution in [1.82, 2.24) is 4.98 Å². The zero-order chi connectivity index (χ0) is 7.56. The highest BCUT2D eigenvalue weighted by atomic mass is 19.1. The van der Waals surface area contributed by atoms with Crippen LogP contribution in [0, 0.1) is 5.95 Å². The minimum Gasteiger partial charge on any atom is -0.298 e. The molecule has 1 heterocycles. The third kappa shape index (κ3) is 1.10. The number of pyridine rings is 1. The van der Waals surface area contributed by atoms with Crippen LogP contribution in [-0.2, 0) is 0 Å². The van der Waals surface area contributed by atoms with E-state index in [1.807, 2.05) is 4.98 Å². The van der Waals surface area contributed by atoms with Crippen molar-refractivity contribution >= 4 is 6.29 Å². The number of H-pyrrole nitrogens is 1. The highest BCUT2D eigenvalue weighted by molar-refractivity contribution is 5.73. The summed E-state index contributed by atoms with van der Waals surface area (Å²) < 4.78 is 12.1. The van der Waals surface area contributed by atoms with E-state index in [2.05, 4.69) is 0 Å². The van der Waals surface area contributed by atoms with Crippen LogP contribution in [0.25, 0.3) is 0 Å². The van der Waals surface area contributed by atoms with Gasteiger partial charge < -0.3 is 0 Å². The molecule has 1 rings (SSSR count). The average molecular weight is 141 g/mol. The molecule has 0 amide bonds. The van der Waals surface area contributed by atoms with Crippen LogP contribution < -0.4 is 5.56 Å². The van der Waals surface area contributed by atoms with E-state index in [9.17, 15) is 14.0 Å². The fraction of sp³-hybridized carbons (Fsp3) is 0. The molecule has 1 N–H and O–H groups in total. The van der Waals surface area contributed by atoms with E-state index in [1.165, 1.54) is 0 Å². The zero-order valence-electron chi connectivity index (χ0n) is 4.93. The van der Waals surface area contributed by atoms with Gasteiger partial charge in [0.1, 0.15) is 0 Å². The van der Waals surface area contributed by atoms with E-state index >= 15 is 0 Å². The first kappa shape index (κ1) is 6.67. The number of hydrogen-bond donors (Lipinski definition) is 1. The van der Waals surface area contributed by atoms with Gasteiger partial charge in [0.2, 0.25) is 0 Å². The van der Waals surface area contributed by atoms with Crippen molar-refractivity contribution in [3.63, 3.8) is 0 Å². The third-order valence-electron chi connectivity index (χ3n) is 1.03. The predicted molar refractivity (Wildman–Crippen MR) is 32.4 cm³/mol. The summed E-state index contributed by atoms with van der Waals surface area (Å²) in [5.74, 6) is -0.740. The standard InChI is InChI=1S/C6H4FNO2/c7-5-2-1-4(3-9)6(10)8-5/h1-3H,(H,8,10). The smallest absolute Gasteiger partial charge is 0.260 e. The Bertz CT molecular complexity index is 305. The second-order valence-electron chi connectivity index (χ2n) is 1.71. The van der Waals surface area contributed by atoms with Gasteiger partial charge in [0.05, 0.1) is 5.56 Å². The van der Waals surface area contributed by atoms with Crippen LogP contribution in [0.5, 0.6) is 0 Å². The Hall–Kier alpha value is -1.45. The van der Waals surface area contributed by atoms with Crippen LogP contribution in [0.15, 0.2) is 16.9 Å². The molecule has 0 spiro atoms. The number of halogens is 1.